The fourth-order valence-corrected chi connectivity index (χ4v) is 4.38. The number of thiophene rings is 1. The second-order valence-corrected chi connectivity index (χ2v) is 7.47. The number of ether oxygens (including phenoxy) is 2. The molecule has 1 atom stereocenters. The monoisotopic (exact) mass is 392 g/mol. The molecule has 0 bridgehead atoms. The number of methoxy groups -OCH3 is 2. The fraction of sp³-hybridized carbons (Fsp3) is 0.217. The summed E-state index contributed by atoms with van der Waals surface area (Å²) in [7, 11) is 3.38. The first-order valence-corrected chi connectivity index (χ1v) is 10.2. The van der Waals surface area contributed by atoms with Crippen LogP contribution >= 0.6 is 11.3 Å². The molecule has 4 rings (SSSR count). The van der Waals surface area contributed by atoms with Gasteiger partial charge in [-0.3, -0.25) is 0 Å². The summed E-state index contributed by atoms with van der Waals surface area (Å²) >= 11 is 1.72. The van der Waals surface area contributed by atoms with E-state index in [9.17, 15) is 0 Å². The van der Waals surface area contributed by atoms with Crippen molar-refractivity contribution in [2.24, 2.45) is 0 Å². The van der Waals surface area contributed by atoms with Crippen molar-refractivity contribution in [2.45, 2.75) is 12.5 Å². The van der Waals surface area contributed by atoms with Crippen molar-refractivity contribution in [2.75, 3.05) is 20.8 Å². The van der Waals surface area contributed by atoms with Gasteiger partial charge >= 0.3 is 0 Å². The van der Waals surface area contributed by atoms with Crippen LogP contribution in [-0.4, -0.2) is 25.7 Å². The van der Waals surface area contributed by atoms with Gasteiger partial charge in [0.05, 0.1) is 14.2 Å². The molecule has 4 nitrogen and oxygen atoms in total. The quantitative estimate of drug-likeness (QED) is 0.435. The van der Waals surface area contributed by atoms with Gasteiger partial charge in [0.25, 0.3) is 0 Å². The maximum absolute atomic E-state index is 5.75. The van der Waals surface area contributed by atoms with Crippen molar-refractivity contribution in [3.63, 3.8) is 0 Å². The molecule has 144 valence electrons. The van der Waals surface area contributed by atoms with Crippen LogP contribution < -0.4 is 14.8 Å². The molecule has 2 aromatic carbocycles. The first-order valence-electron chi connectivity index (χ1n) is 9.30. The Morgan fingerprint density at radius 1 is 1.00 bits per heavy atom. The van der Waals surface area contributed by atoms with E-state index in [1.165, 1.54) is 16.5 Å². The minimum Gasteiger partial charge on any atom is -0.493 e. The van der Waals surface area contributed by atoms with Gasteiger partial charge in [-0.05, 0) is 40.1 Å². The van der Waals surface area contributed by atoms with Gasteiger partial charge in [0, 0.05) is 41.7 Å². The molecule has 0 unspecified atom stereocenters. The average molecular weight is 393 g/mol. The van der Waals surface area contributed by atoms with Crippen LogP contribution in [0.25, 0.3) is 10.9 Å². The first kappa shape index (κ1) is 18.6. The van der Waals surface area contributed by atoms with E-state index >= 15 is 0 Å². The van der Waals surface area contributed by atoms with E-state index in [1.807, 2.05) is 12.1 Å². The van der Waals surface area contributed by atoms with Crippen LogP contribution in [0.2, 0.25) is 0 Å². The molecule has 2 N–H and O–H groups in total. The molecule has 4 aromatic rings. The number of para-hydroxylation sites is 2. The number of fused-ring (bicyclic) bond motifs is 1. The molecule has 0 saturated heterocycles. The number of benzene rings is 2. The fourth-order valence-electron chi connectivity index (χ4n) is 3.71. The molecule has 0 radical (unpaired) electrons. The van der Waals surface area contributed by atoms with E-state index < -0.39 is 0 Å². The SMILES string of the molecule is COc1cccc([C@@H](CNCc2ccsc2)c2c[nH]c3ccccc23)c1OC. The predicted octanol–water partition coefficient (Wildman–Crippen LogP) is 5.17. The summed E-state index contributed by atoms with van der Waals surface area (Å²) in [5, 5.41) is 9.15. The summed E-state index contributed by atoms with van der Waals surface area (Å²) in [6, 6.07) is 16.7. The average Bonchev–Trinajstić information content (AvgIpc) is 3.40. The Morgan fingerprint density at radius 2 is 1.89 bits per heavy atom. The number of hydrogen-bond acceptors (Lipinski definition) is 4. The number of nitrogens with one attached hydrogen (secondary N) is 2. The second-order valence-electron chi connectivity index (χ2n) is 6.69. The highest BCUT2D eigenvalue weighted by Crippen LogP contribution is 2.40. The number of aromatic amines is 1. The zero-order chi connectivity index (χ0) is 19.3. The van der Waals surface area contributed by atoms with E-state index in [0.29, 0.717) is 0 Å². The van der Waals surface area contributed by atoms with E-state index in [1.54, 1.807) is 25.6 Å². The Morgan fingerprint density at radius 3 is 2.68 bits per heavy atom. The van der Waals surface area contributed by atoms with Crippen molar-refractivity contribution in [1.82, 2.24) is 10.3 Å². The lowest BCUT2D eigenvalue weighted by Gasteiger charge is -2.22. The number of H-pyrrole nitrogens is 1. The largest absolute Gasteiger partial charge is 0.493 e. The second kappa shape index (κ2) is 8.50. The van der Waals surface area contributed by atoms with Gasteiger partial charge in [-0.1, -0.05) is 30.3 Å². The van der Waals surface area contributed by atoms with Gasteiger partial charge in [0.15, 0.2) is 11.5 Å². The summed E-state index contributed by atoms with van der Waals surface area (Å²) in [5.41, 5.74) is 4.81. The van der Waals surface area contributed by atoms with E-state index in [-0.39, 0.29) is 5.92 Å². The molecular formula is C23H24N2O2S. The normalized spacial score (nSPS) is 12.2. The van der Waals surface area contributed by atoms with E-state index in [0.717, 1.165) is 35.7 Å². The molecule has 5 heteroatoms. The minimum absolute atomic E-state index is 0.125. The van der Waals surface area contributed by atoms with Crippen LogP contribution in [0.3, 0.4) is 0 Å². The Bertz CT molecular complexity index is 1040. The summed E-state index contributed by atoms with van der Waals surface area (Å²) in [6.07, 6.45) is 2.11. The van der Waals surface area contributed by atoms with Gasteiger partial charge < -0.3 is 19.8 Å². The van der Waals surface area contributed by atoms with Crippen LogP contribution in [0, 0.1) is 0 Å². The highest BCUT2D eigenvalue weighted by molar-refractivity contribution is 7.07. The molecule has 2 aromatic heterocycles. The zero-order valence-electron chi connectivity index (χ0n) is 16.1. The van der Waals surface area contributed by atoms with Crippen LogP contribution in [-0.2, 0) is 6.54 Å². The Hall–Kier alpha value is -2.76. The lowest BCUT2D eigenvalue weighted by atomic mass is 9.89. The third-order valence-electron chi connectivity index (χ3n) is 5.06. The van der Waals surface area contributed by atoms with Crippen LogP contribution in [0.5, 0.6) is 11.5 Å². The van der Waals surface area contributed by atoms with Gasteiger partial charge in [0.2, 0.25) is 0 Å². The van der Waals surface area contributed by atoms with E-state index in [4.69, 9.17) is 9.47 Å². The maximum atomic E-state index is 5.75. The molecule has 2 heterocycles. The summed E-state index contributed by atoms with van der Waals surface area (Å²) in [4.78, 5) is 3.41. The molecule has 0 aliphatic rings. The highest BCUT2D eigenvalue weighted by Gasteiger charge is 2.23. The third kappa shape index (κ3) is 3.63. The molecule has 0 aliphatic heterocycles. The minimum atomic E-state index is 0.125. The highest BCUT2D eigenvalue weighted by atomic mass is 32.1. The van der Waals surface area contributed by atoms with Crippen LogP contribution in [0.4, 0.5) is 0 Å². The standard InChI is InChI=1S/C23H24N2O2S/c1-26-22-9-5-7-18(23(22)27-2)19(13-24-12-16-10-11-28-15-16)20-14-25-21-8-4-3-6-17(20)21/h3-11,14-15,19,24-25H,12-13H2,1-2H3/t19-/m1/s1. The number of hydrogen-bond donors (Lipinski definition) is 2. The molecule has 0 aliphatic carbocycles. The topological polar surface area (TPSA) is 46.3 Å². The molecule has 0 amide bonds. The van der Waals surface area contributed by atoms with Crippen LogP contribution in [0.1, 0.15) is 22.6 Å². The van der Waals surface area contributed by atoms with E-state index in [2.05, 4.69) is 63.7 Å². The van der Waals surface area contributed by atoms with Crippen molar-refractivity contribution in [3.05, 3.63) is 82.2 Å². The lowest BCUT2D eigenvalue weighted by Crippen LogP contribution is -2.22. The van der Waals surface area contributed by atoms with Gasteiger partial charge in [0.1, 0.15) is 0 Å². The summed E-state index contributed by atoms with van der Waals surface area (Å²) < 4.78 is 11.3. The predicted molar refractivity (Wildman–Crippen MR) is 116 cm³/mol. The van der Waals surface area contributed by atoms with Gasteiger partial charge in [-0.25, -0.2) is 0 Å². The number of aromatic nitrogens is 1. The molecule has 28 heavy (non-hydrogen) atoms. The maximum Gasteiger partial charge on any atom is 0.164 e. The number of rotatable bonds is 8. The van der Waals surface area contributed by atoms with Crippen LogP contribution in [0.15, 0.2) is 65.5 Å². The smallest absolute Gasteiger partial charge is 0.164 e. The molecular weight excluding hydrogens is 368 g/mol. The molecule has 0 saturated carbocycles. The lowest BCUT2D eigenvalue weighted by molar-refractivity contribution is 0.350. The Kier molecular flexibility index (Phi) is 5.65. The Labute approximate surface area is 169 Å². The summed E-state index contributed by atoms with van der Waals surface area (Å²) in [5.74, 6) is 1.67. The van der Waals surface area contributed by atoms with Crippen molar-refractivity contribution >= 4 is 22.2 Å². The first-order chi connectivity index (χ1) is 13.8. The van der Waals surface area contributed by atoms with Gasteiger partial charge in [-0.15, -0.1) is 0 Å². The van der Waals surface area contributed by atoms with Crippen molar-refractivity contribution < 1.29 is 9.47 Å². The zero-order valence-corrected chi connectivity index (χ0v) is 16.9. The Balaban J connectivity index is 1.73. The molecule has 0 spiro atoms. The molecule has 0 fully saturated rings. The third-order valence-corrected chi connectivity index (χ3v) is 5.80. The van der Waals surface area contributed by atoms with Crippen molar-refractivity contribution in [1.29, 1.82) is 0 Å². The van der Waals surface area contributed by atoms with Crippen molar-refractivity contribution in [3.8, 4) is 11.5 Å². The van der Waals surface area contributed by atoms with Gasteiger partial charge in [-0.2, -0.15) is 11.3 Å². The summed E-state index contributed by atoms with van der Waals surface area (Å²) in [6.45, 7) is 1.63.